The minimum atomic E-state index is -0.496. The Hall–Kier alpha value is -2.45. The molecule has 2 aromatic rings. The molecule has 0 bridgehead atoms. The maximum atomic E-state index is 13.2. The fraction of sp³-hybridized carbons (Fsp3) is 0.522. The fourth-order valence-electron chi connectivity index (χ4n) is 3.50. The third-order valence-corrected chi connectivity index (χ3v) is 6.27. The first kappa shape index (κ1) is 23.2. The molecule has 0 aliphatic carbocycles. The first-order valence-electron chi connectivity index (χ1n) is 10.8. The summed E-state index contributed by atoms with van der Waals surface area (Å²) in [5.74, 6) is -0.455. The first-order valence-corrected chi connectivity index (χ1v) is 11.7. The zero-order valence-electron chi connectivity index (χ0n) is 18.8. The summed E-state index contributed by atoms with van der Waals surface area (Å²) >= 11 is 1.73. The smallest absolute Gasteiger partial charge is 0.259 e. The van der Waals surface area contributed by atoms with Crippen LogP contribution in [-0.4, -0.2) is 58.9 Å². The van der Waals surface area contributed by atoms with E-state index in [0.717, 1.165) is 19.6 Å². The minimum absolute atomic E-state index is 0.0199. The van der Waals surface area contributed by atoms with Crippen LogP contribution in [0.15, 0.2) is 34.7 Å². The van der Waals surface area contributed by atoms with Crippen molar-refractivity contribution in [3.63, 3.8) is 0 Å². The fourth-order valence-corrected chi connectivity index (χ4v) is 4.25. The molecule has 2 aromatic heterocycles. The number of nitrogens with one attached hydrogen (secondary N) is 1. The van der Waals surface area contributed by atoms with Gasteiger partial charge in [0.15, 0.2) is 0 Å². The van der Waals surface area contributed by atoms with E-state index in [1.807, 2.05) is 33.8 Å². The monoisotopic (exact) mass is 444 g/mol. The third-order valence-electron chi connectivity index (χ3n) is 5.41. The van der Waals surface area contributed by atoms with E-state index in [1.54, 1.807) is 33.2 Å². The molecule has 2 amide bonds. The van der Waals surface area contributed by atoms with Crippen LogP contribution >= 0.6 is 11.3 Å². The number of carbonyl (C=O) groups excluding carboxylic acids is 2. The van der Waals surface area contributed by atoms with Crippen molar-refractivity contribution in [2.75, 3.05) is 32.7 Å². The van der Waals surface area contributed by atoms with Gasteiger partial charge in [0.1, 0.15) is 11.1 Å². The first-order chi connectivity index (χ1) is 14.8. The average Bonchev–Trinajstić information content (AvgIpc) is 3.25. The molecule has 3 rings (SSSR count). The molecular formula is C23H32N4O3S. The predicted molar refractivity (Wildman–Crippen MR) is 124 cm³/mol. The van der Waals surface area contributed by atoms with E-state index < -0.39 is 11.3 Å². The lowest BCUT2D eigenvalue weighted by Crippen LogP contribution is -2.49. The zero-order chi connectivity index (χ0) is 22.5. The van der Waals surface area contributed by atoms with Gasteiger partial charge >= 0.3 is 0 Å². The second kappa shape index (κ2) is 10.2. The Morgan fingerprint density at radius 3 is 2.32 bits per heavy atom. The Kier molecular flexibility index (Phi) is 7.67. The van der Waals surface area contributed by atoms with E-state index in [1.165, 1.54) is 4.88 Å². The SMILES string of the molecule is CC(C)CNC(=O)c1cn(C(C)C)cc(C(=O)N2CCN(Cc3cccs3)CC2)c1=O. The van der Waals surface area contributed by atoms with Gasteiger partial charge in [0.05, 0.1) is 0 Å². The molecule has 0 atom stereocenters. The highest BCUT2D eigenvalue weighted by atomic mass is 32.1. The molecule has 1 N–H and O–H groups in total. The molecule has 1 fully saturated rings. The lowest BCUT2D eigenvalue weighted by Gasteiger charge is -2.34. The number of aromatic nitrogens is 1. The van der Waals surface area contributed by atoms with Crippen LogP contribution in [0.25, 0.3) is 0 Å². The van der Waals surface area contributed by atoms with Crippen molar-refractivity contribution in [2.45, 2.75) is 40.3 Å². The Labute approximate surface area is 187 Å². The molecule has 1 aliphatic rings. The van der Waals surface area contributed by atoms with Crippen LogP contribution in [0.3, 0.4) is 0 Å². The number of hydrogen-bond donors (Lipinski definition) is 1. The largest absolute Gasteiger partial charge is 0.352 e. The Bertz CT molecular complexity index is 958. The quantitative estimate of drug-likeness (QED) is 0.713. The van der Waals surface area contributed by atoms with E-state index in [9.17, 15) is 14.4 Å². The van der Waals surface area contributed by atoms with Crippen LogP contribution in [0.1, 0.15) is 59.3 Å². The van der Waals surface area contributed by atoms with Gasteiger partial charge in [-0.3, -0.25) is 19.3 Å². The molecule has 7 nitrogen and oxygen atoms in total. The lowest BCUT2D eigenvalue weighted by atomic mass is 10.1. The lowest BCUT2D eigenvalue weighted by molar-refractivity contribution is 0.0627. The number of rotatable bonds is 7. The molecule has 8 heteroatoms. The molecule has 168 valence electrons. The molecule has 0 saturated carbocycles. The summed E-state index contributed by atoms with van der Waals surface area (Å²) in [5, 5.41) is 4.86. The van der Waals surface area contributed by atoms with Gasteiger partial charge < -0.3 is 14.8 Å². The van der Waals surface area contributed by atoms with Gasteiger partial charge in [-0.25, -0.2) is 0 Å². The van der Waals surface area contributed by atoms with Crippen LogP contribution < -0.4 is 10.7 Å². The maximum Gasteiger partial charge on any atom is 0.259 e. The van der Waals surface area contributed by atoms with Crippen molar-refractivity contribution >= 4 is 23.2 Å². The van der Waals surface area contributed by atoms with E-state index in [4.69, 9.17) is 0 Å². The highest BCUT2D eigenvalue weighted by Crippen LogP contribution is 2.15. The van der Waals surface area contributed by atoms with Gasteiger partial charge in [-0.2, -0.15) is 0 Å². The Balaban J connectivity index is 1.77. The van der Waals surface area contributed by atoms with E-state index in [2.05, 4.69) is 21.7 Å². The summed E-state index contributed by atoms with van der Waals surface area (Å²) in [6.07, 6.45) is 3.14. The van der Waals surface area contributed by atoms with Gasteiger partial charge in [0.2, 0.25) is 5.43 Å². The summed E-state index contributed by atoms with van der Waals surface area (Å²) < 4.78 is 1.77. The van der Waals surface area contributed by atoms with Gasteiger partial charge in [-0.1, -0.05) is 19.9 Å². The number of hydrogen-bond acceptors (Lipinski definition) is 5. The van der Waals surface area contributed by atoms with Crippen LogP contribution in [0.5, 0.6) is 0 Å². The van der Waals surface area contributed by atoms with Crippen LogP contribution in [0, 0.1) is 5.92 Å². The summed E-state index contributed by atoms with van der Waals surface area (Å²) in [6.45, 7) is 11.9. The Morgan fingerprint density at radius 2 is 1.74 bits per heavy atom. The molecule has 0 radical (unpaired) electrons. The second-order valence-corrected chi connectivity index (χ2v) is 9.74. The maximum absolute atomic E-state index is 13.2. The van der Waals surface area contributed by atoms with Gasteiger partial charge in [-0.15, -0.1) is 11.3 Å². The summed E-state index contributed by atoms with van der Waals surface area (Å²) in [6, 6.07) is 4.18. The predicted octanol–water partition coefficient (Wildman–Crippen LogP) is 2.83. The summed E-state index contributed by atoms with van der Waals surface area (Å²) in [7, 11) is 0. The van der Waals surface area contributed by atoms with E-state index in [-0.39, 0.29) is 29.0 Å². The number of nitrogens with zero attached hydrogens (tertiary/aromatic N) is 3. The normalized spacial score (nSPS) is 15.0. The van der Waals surface area contributed by atoms with Crippen molar-refractivity contribution in [3.8, 4) is 0 Å². The minimum Gasteiger partial charge on any atom is -0.352 e. The molecule has 0 unspecified atom stereocenters. The van der Waals surface area contributed by atoms with Crippen LogP contribution in [0.2, 0.25) is 0 Å². The number of thiophene rings is 1. The third kappa shape index (κ3) is 5.83. The van der Waals surface area contributed by atoms with E-state index in [0.29, 0.717) is 19.6 Å². The molecule has 0 aromatic carbocycles. The van der Waals surface area contributed by atoms with Crippen molar-refractivity contribution in [1.82, 2.24) is 19.7 Å². The van der Waals surface area contributed by atoms with Crippen molar-refractivity contribution < 1.29 is 9.59 Å². The Morgan fingerprint density at radius 1 is 1.06 bits per heavy atom. The highest BCUT2D eigenvalue weighted by Gasteiger charge is 2.26. The number of piperazine rings is 1. The molecule has 31 heavy (non-hydrogen) atoms. The molecular weight excluding hydrogens is 412 g/mol. The van der Waals surface area contributed by atoms with Crippen molar-refractivity contribution in [3.05, 3.63) is 56.1 Å². The number of carbonyl (C=O) groups is 2. The van der Waals surface area contributed by atoms with Crippen LogP contribution in [-0.2, 0) is 6.54 Å². The van der Waals surface area contributed by atoms with Gasteiger partial charge in [0.25, 0.3) is 11.8 Å². The molecule has 1 saturated heterocycles. The average molecular weight is 445 g/mol. The topological polar surface area (TPSA) is 74.7 Å². The molecule has 1 aliphatic heterocycles. The van der Waals surface area contributed by atoms with Crippen molar-refractivity contribution in [2.24, 2.45) is 5.92 Å². The van der Waals surface area contributed by atoms with Crippen LogP contribution in [0.4, 0.5) is 0 Å². The summed E-state index contributed by atoms with van der Waals surface area (Å²) in [4.78, 5) is 44.3. The number of pyridine rings is 1. The highest BCUT2D eigenvalue weighted by molar-refractivity contribution is 7.09. The standard InChI is InChI=1S/C23H32N4O3S/c1-16(2)12-24-22(29)19-14-27(17(3)4)15-20(21(19)28)23(30)26-9-7-25(8-10-26)13-18-6-5-11-31-18/h5-6,11,14-17H,7-10,12-13H2,1-4H3,(H,24,29). The number of amides is 2. The van der Waals surface area contributed by atoms with Gasteiger partial charge in [-0.05, 0) is 31.2 Å². The summed E-state index contributed by atoms with van der Waals surface area (Å²) in [5.41, 5.74) is -0.404. The second-order valence-electron chi connectivity index (χ2n) is 8.71. The molecule has 0 spiro atoms. The molecule has 3 heterocycles. The zero-order valence-corrected chi connectivity index (χ0v) is 19.6. The van der Waals surface area contributed by atoms with Crippen molar-refractivity contribution in [1.29, 1.82) is 0 Å². The van der Waals surface area contributed by atoms with E-state index >= 15 is 0 Å². The van der Waals surface area contributed by atoms with Gasteiger partial charge in [0, 0.05) is 62.6 Å².